The fourth-order valence-electron chi connectivity index (χ4n) is 2.61. The smallest absolute Gasteiger partial charge is 0.241 e. The van der Waals surface area contributed by atoms with E-state index in [0.29, 0.717) is 30.3 Å². The van der Waals surface area contributed by atoms with Gasteiger partial charge in [-0.2, -0.15) is 0 Å². The summed E-state index contributed by atoms with van der Waals surface area (Å²) in [5, 5.41) is 0. The highest BCUT2D eigenvalue weighted by Gasteiger charge is 2.22. The summed E-state index contributed by atoms with van der Waals surface area (Å²) in [7, 11) is -3.77. The van der Waals surface area contributed by atoms with Crippen molar-refractivity contribution in [1.82, 2.24) is 4.72 Å². The van der Waals surface area contributed by atoms with E-state index in [2.05, 4.69) is 4.72 Å². The van der Waals surface area contributed by atoms with Crippen molar-refractivity contribution in [2.24, 2.45) is 0 Å². The third-order valence-electron chi connectivity index (χ3n) is 3.82. The molecule has 0 fully saturated rings. The van der Waals surface area contributed by atoms with Gasteiger partial charge in [0.1, 0.15) is 19.0 Å². The molecule has 24 heavy (non-hydrogen) atoms. The molecule has 0 amide bonds. The van der Waals surface area contributed by atoms with Crippen molar-refractivity contribution in [2.45, 2.75) is 24.8 Å². The zero-order chi connectivity index (χ0) is 17.3. The molecule has 2 aromatic rings. The Morgan fingerprint density at radius 2 is 1.79 bits per heavy atom. The van der Waals surface area contributed by atoms with Gasteiger partial charge in [0.05, 0.1) is 4.90 Å². The minimum atomic E-state index is -3.77. The monoisotopic (exact) mass is 351 g/mol. The molecule has 1 N–H and O–H groups in total. The predicted molar refractivity (Wildman–Crippen MR) is 87.3 cm³/mol. The van der Waals surface area contributed by atoms with E-state index in [1.54, 1.807) is 32.0 Å². The van der Waals surface area contributed by atoms with Gasteiger partial charge in [-0.15, -0.1) is 0 Å². The van der Waals surface area contributed by atoms with Crippen LogP contribution in [-0.2, 0) is 10.0 Å². The van der Waals surface area contributed by atoms with Gasteiger partial charge in [0, 0.05) is 6.04 Å². The zero-order valence-corrected chi connectivity index (χ0v) is 14.2. The van der Waals surface area contributed by atoms with Gasteiger partial charge in [-0.05, 0) is 55.3 Å². The second-order valence-corrected chi connectivity index (χ2v) is 7.34. The van der Waals surface area contributed by atoms with Crippen LogP contribution in [0, 0.1) is 12.7 Å². The maximum absolute atomic E-state index is 13.2. The fourth-order valence-corrected chi connectivity index (χ4v) is 4.07. The van der Waals surface area contributed by atoms with E-state index in [4.69, 9.17) is 9.47 Å². The maximum Gasteiger partial charge on any atom is 0.241 e. The number of benzene rings is 2. The van der Waals surface area contributed by atoms with E-state index in [0.717, 1.165) is 11.6 Å². The van der Waals surface area contributed by atoms with Crippen molar-refractivity contribution < 1.29 is 22.3 Å². The van der Waals surface area contributed by atoms with Gasteiger partial charge >= 0.3 is 0 Å². The number of hydrogen-bond acceptors (Lipinski definition) is 4. The first kappa shape index (κ1) is 16.7. The van der Waals surface area contributed by atoms with Crippen molar-refractivity contribution in [2.75, 3.05) is 13.2 Å². The summed E-state index contributed by atoms with van der Waals surface area (Å²) in [5.41, 5.74) is 1.11. The number of ether oxygens (including phenoxy) is 2. The fraction of sp³-hybridized carbons (Fsp3) is 0.294. The lowest BCUT2D eigenvalue weighted by Crippen LogP contribution is -2.27. The standard InChI is InChI=1S/C17H18FNO4S/c1-11-9-14(18)4-6-17(11)24(20,21)19-12(2)13-3-5-15-16(10-13)23-8-7-22-15/h3-6,9-10,12,19H,7-8H2,1-2H3. The average molecular weight is 351 g/mol. The first-order valence-electron chi connectivity index (χ1n) is 7.55. The van der Waals surface area contributed by atoms with Crippen molar-refractivity contribution in [3.05, 3.63) is 53.3 Å². The normalized spacial score (nSPS) is 15.1. The van der Waals surface area contributed by atoms with Crippen LogP contribution in [0.25, 0.3) is 0 Å². The van der Waals surface area contributed by atoms with Crippen LogP contribution in [0.3, 0.4) is 0 Å². The Kier molecular flexibility index (Phi) is 4.47. The molecule has 1 atom stereocenters. The quantitative estimate of drug-likeness (QED) is 0.920. The van der Waals surface area contributed by atoms with E-state index in [-0.39, 0.29) is 4.90 Å². The van der Waals surface area contributed by atoms with Crippen LogP contribution in [0.15, 0.2) is 41.3 Å². The average Bonchev–Trinajstić information content (AvgIpc) is 2.53. The van der Waals surface area contributed by atoms with Crippen molar-refractivity contribution in [3.8, 4) is 11.5 Å². The van der Waals surface area contributed by atoms with Crippen molar-refractivity contribution in [3.63, 3.8) is 0 Å². The zero-order valence-electron chi connectivity index (χ0n) is 13.4. The molecule has 1 heterocycles. The molecule has 0 aromatic heterocycles. The highest BCUT2D eigenvalue weighted by Crippen LogP contribution is 2.33. The lowest BCUT2D eigenvalue weighted by atomic mass is 10.1. The summed E-state index contributed by atoms with van der Waals surface area (Å²) >= 11 is 0. The van der Waals surface area contributed by atoms with Crippen LogP contribution in [0.2, 0.25) is 0 Å². The van der Waals surface area contributed by atoms with Gasteiger partial charge in [0.25, 0.3) is 0 Å². The van der Waals surface area contributed by atoms with E-state index in [9.17, 15) is 12.8 Å². The molecule has 1 aliphatic rings. The van der Waals surface area contributed by atoms with Gasteiger partial charge in [-0.25, -0.2) is 17.5 Å². The molecular weight excluding hydrogens is 333 g/mol. The number of rotatable bonds is 4. The van der Waals surface area contributed by atoms with E-state index >= 15 is 0 Å². The Hall–Kier alpha value is -2.12. The van der Waals surface area contributed by atoms with Crippen LogP contribution in [0.4, 0.5) is 4.39 Å². The topological polar surface area (TPSA) is 64.6 Å². The van der Waals surface area contributed by atoms with E-state index in [1.807, 2.05) is 0 Å². The molecule has 0 bridgehead atoms. The Labute approximate surface area is 140 Å². The van der Waals surface area contributed by atoms with Gasteiger partial charge in [0.15, 0.2) is 11.5 Å². The molecule has 7 heteroatoms. The number of sulfonamides is 1. The first-order chi connectivity index (χ1) is 11.4. The van der Waals surface area contributed by atoms with Crippen molar-refractivity contribution >= 4 is 10.0 Å². The molecule has 1 aliphatic heterocycles. The number of aryl methyl sites for hydroxylation is 1. The van der Waals surface area contributed by atoms with Crippen LogP contribution < -0.4 is 14.2 Å². The third kappa shape index (κ3) is 3.37. The van der Waals surface area contributed by atoms with Gasteiger partial charge in [0.2, 0.25) is 10.0 Å². The Morgan fingerprint density at radius 3 is 2.50 bits per heavy atom. The number of hydrogen-bond donors (Lipinski definition) is 1. The molecule has 2 aromatic carbocycles. The minimum Gasteiger partial charge on any atom is -0.486 e. The minimum absolute atomic E-state index is 0.0632. The molecule has 128 valence electrons. The van der Waals surface area contributed by atoms with E-state index in [1.165, 1.54) is 12.1 Å². The molecule has 0 saturated heterocycles. The first-order valence-corrected chi connectivity index (χ1v) is 9.03. The Morgan fingerprint density at radius 1 is 1.08 bits per heavy atom. The number of nitrogens with one attached hydrogen (secondary N) is 1. The van der Waals surface area contributed by atoms with Crippen LogP contribution in [-0.4, -0.2) is 21.6 Å². The van der Waals surface area contributed by atoms with Gasteiger partial charge < -0.3 is 9.47 Å². The molecule has 0 radical (unpaired) electrons. The summed E-state index contributed by atoms with van der Waals surface area (Å²) in [6.45, 7) is 4.26. The van der Waals surface area contributed by atoms with Crippen LogP contribution >= 0.6 is 0 Å². The van der Waals surface area contributed by atoms with Gasteiger partial charge in [-0.3, -0.25) is 0 Å². The number of fused-ring (bicyclic) bond motifs is 1. The summed E-state index contributed by atoms with van der Waals surface area (Å²) in [6, 6.07) is 8.44. The Balaban J connectivity index is 1.84. The lowest BCUT2D eigenvalue weighted by molar-refractivity contribution is 0.171. The SMILES string of the molecule is Cc1cc(F)ccc1S(=O)(=O)NC(C)c1ccc2c(c1)OCCO2. The van der Waals surface area contributed by atoms with Gasteiger partial charge in [-0.1, -0.05) is 6.07 Å². The van der Waals surface area contributed by atoms with Crippen molar-refractivity contribution in [1.29, 1.82) is 0 Å². The predicted octanol–water partition coefficient (Wildman–Crippen LogP) is 2.94. The molecule has 0 spiro atoms. The van der Waals surface area contributed by atoms with Crippen LogP contribution in [0.1, 0.15) is 24.1 Å². The summed E-state index contributed by atoms with van der Waals surface area (Å²) in [5.74, 6) is 0.781. The highest BCUT2D eigenvalue weighted by atomic mass is 32.2. The number of halogens is 1. The largest absolute Gasteiger partial charge is 0.486 e. The molecule has 5 nitrogen and oxygen atoms in total. The molecule has 0 saturated carbocycles. The van der Waals surface area contributed by atoms with Crippen LogP contribution in [0.5, 0.6) is 11.5 Å². The maximum atomic E-state index is 13.2. The molecular formula is C17H18FNO4S. The Bertz CT molecular complexity index is 867. The lowest BCUT2D eigenvalue weighted by Gasteiger charge is -2.21. The summed E-state index contributed by atoms with van der Waals surface area (Å²) < 4.78 is 51.9. The van der Waals surface area contributed by atoms with E-state index < -0.39 is 21.9 Å². The molecule has 3 rings (SSSR count). The second kappa shape index (κ2) is 6.41. The molecule has 1 unspecified atom stereocenters. The third-order valence-corrected chi connectivity index (χ3v) is 5.53. The second-order valence-electron chi connectivity index (χ2n) is 5.66. The summed E-state index contributed by atoms with van der Waals surface area (Å²) in [6.07, 6.45) is 0. The molecule has 0 aliphatic carbocycles. The summed E-state index contributed by atoms with van der Waals surface area (Å²) in [4.78, 5) is 0.0632. The highest BCUT2D eigenvalue weighted by molar-refractivity contribution is 7.89.